The van der Waals surface area contributed by atoms with E-state index in [-0.39, 0.29) is 11.7 Å². The molecule has 1 atom stereocenters. The monoisotopic (exact) mass is 412 g/mol. The predicted octanol–water partition coefficient (Wildman–Crippen LogP) is 4.21. The van der Waals surface area contributed by atoms with Crippen LogP contribution in [0.15, 0.2) is 30.5 Å². The zero-order chi connectivity index (χ0) is 20.7. The number of benzene rings is 1. The Morgan fingerprint density at radius 1 is 1.38 bits per heavy atom. The molecule has 0 radical (unpaired) electrons. The number of amides is 1. The lowest BCUT2D eigenvalue weighted by Crippen LogP contribution is -2.28. The van der Waals surface area contributed by atoms with E-state index < -0.39 is 11.9 Å². The molecule has 3 aromatic rings. The van der Waals surface area contributed by atoms with Gasteiger partial charge in [0.05, 0.1) is 17.1 Å². The molecule has 4 rings (SSSR count). The SMILES string of the molecule is CCc1nsc2c1-c1cnc(N)c(c1)OC(C)c1cc(F)ccc1C(=O)N(C)C2. The van der Waals surface area contributed by atoms with Crippen molar-refractivity contribution in [1.82, 2.24) is 14.3 Å². The van der Waals surface area contributed by atoms with Crippen molar-refractivity contribution in [3.8, 4) is 16.9 Å². The van der Waals surface area contributed by atoms with Crippen LogP contribution in [0.25, 0.3) is 11.1 Å². The Kier molecular flexibility index (Phi) is 4.96. The summed E-state index contributed by atoms with van der Waals surface area (Å²) < 4.78 is 24.6. The molecule has 0 fully saturated rings. The highest BCUT2D eigenvalue weighted by Gasteiger charge is 2.25. The summed E-state index contributed by atoms with van der Waals surface area (Å²) in [5, 5.41) is 0. The van der Waals surface area contributed by atoms with Gasteiger partial charge < -0.3 is 15.4 Å². The summed E-state index contributed by atoms with van der Waals surface area (Å²) in [5.74, 6) is -0.00487. The fourth-order valence-electron chi connectivity index (χ4n) is 3.54. The van der Waals surface area contributed by atoms with E-state index in [4.69, 9.17) is 10.5 Å². The predicted molar refractivity (Wildman–Crippen MR) is 110 cm³/mol. The smallest absolute Gasteiger partial charge is 0.254 e. The summed E-state index contributed by atoms with van der Waals surface area (Å²) in [4.78, 5) is 20.0. The van der Waals surface area contributed by atoms with Crippen LogP contribution >= 0.6 is 11.5 Å². The first kappa shape index (κ1) is 19.3. The standard InChI is InChI=1S/C21H21FN4O2S/c1-4-16-19-12-7-17(20(23)24-9-12)28-11(2)15-8-13(22)5-6-14(15)21(27)26(3)10-18(19)29-25-16/h5-9,11H,4,10H2,1-3H3,(H2,23,24). The Labute approximate surface area is 172 Å². The molecule has 2 bridgehead atoms. The van der Waals surface area contributed by atoms with Crippen molar-refractivity contribution in [3.63, 3.8) is 0 Å². The van der Waals surface area contributed by atoms with E-state index in [1.807, 2.05) is 13.0 Å². The number of aryl methyl sites for hydroxylation is 1. The van der Waals surface area contributed by atoms with E-state index in [1.54, 1.807) is 25.1 Å². The van der Waals surface area contributed by atoms with Crippen molar-refractivity contribution in [2.24, 2.45) is 0 Å². The number of carbonyl (C=O) groups excluding carboxylic acids is 1. The van der Waals surface area contributed by atoms with Gasteiger partial charge in [-0.15, -0.1) is 0 Å². The molecule has 150 valence electrons. The van der Waals surface area contributed by atoms with Gasteiger partial charge in [-0.3, -0.25) is 4.79 Å². The minimum Gasteiger partial charge on any atom is -0.482 e. The molecule has 1 amide bonds. The van der Waals surface area contributed by atoms with E-state index in [2.05, 4.69) is 9.36 Å². The van der Waals surface area contributed by atoms with E-state index in [0.29, 0.717) is 23.4 Å². The van der Waals surface area contributed by atoms with Crippen molar-refractivity contribution < 1.29 is 13.9 Å². The molecule has 0 aliphatic carbocycles. The van der Waals surface area contributed by atoms with Crippen LogP contribution in [-0.2, 0) is 13.0 Å². The Morgan fingerprint density at radius 3 is 2.93 bits per heavy atom. The lowest BCUT2D eigenvalue weighted by atomic mass is 10.00. The van der Waals surface area contributed by atoms with Gasteiger partial charge in [0.2, 0.25) is 0 Å². The highest BCUT2D eigenvalue weighted by atomic mass is 32.1. The van der Waals surface area contributed by atoms with E-state index >= 15 is 0 Å². The Balaban J connectivity index is 1.94. The number of ether oxygens (including phenoxy) is 1. The number of fused-ring (bicyclic) bond motifs is 5. The van der Waals surface area contributed by atoms with Gasteiger partial charge in [-0.2, -0.15) is 4.37 Å². The molecule has 1 aliphatic rings. The van der Waals surface area contributed by atoms with Crippen LogP contribution in [0.3, 0.4) is 0 Å². The number of nitrogens with two attached hydrogens (primary N) is 1. The summed E-state index contributed by atoms with van der Waals surface area (Å²) in [7, 11) is 1.73. The molecular formula is C21H21FN4O2S. The van der Waals surface area contributed by atoms with Crippen molar-refractivity contribution in [2.45, 2.75) is 32.9 Å². The van der Waals surface area contributed by atoms with Crippen molar-refractivity contribution in [2.75, 3.05) is 12.8 Å². The molecule has 1 aromatic carbocycles. The zero-order valence-corrected chi connectivity index (χ0v) is 17.2. The third kappa shape index (κ3) is 3.44. The lowest BCUT2D eigenvalue weighted by Gasteiger charge is -2.24. The number of rotatable bonds is 1. The molecular weight excluding hydrogens is 391 g/mol. The molecule has 29 heavy (non-hydrogen) atoms. The fourth-order valence-corrected chi connectivity index (χ4v) is 4.56. The number of nitrogens with zero attached hydrogens (tertiary/aromatic N) is 3. The average molecular weight is 412 g/mol. The molecule has 0 saturated heterocycles. The summed E-state index contributed by atoms with van der Waals surface area (Å²) in [6.45, 7) is 4.19. The molecule has 6 nitrogen and oxygen atoms in total. The maximum atomic E-state index is 14.0. The minimum absolute atomic E-state index is 0.205. The largest absolute Gasteiger partial charge is 0.482 e. The summed E-state index contributed by atoms with van der Waals surface area (Å²) in [6.07, 6.45) is 1.85. The fraction of sp³-hybridized carbons (Fsp3) is 0.286. The van der Waals surface area contributed by atoms with Gasteiger partial charge in [0.15, 0.2) is 11.6 Å². The van der Waals surface area contributed by atoms with E-state index in [1.165, 1.54) is 29.7 Å². The summed E-state index contributed by atoms with van der Waals surface area (Å²) in [5.41, 5.74) is 9.64. The minimum atomic E-state index is -0.595. The number of hydrogen-bond acceptors (Lipinski definition) is 6. The Hall–Kier alpha value is -3.00. The van der Waals surface area contributed by atoms with Crippen molar-refractivity contribution in [1.29, 1.82) is 0 Å². The van der Waals surface area contributed by atoms with Gasteiger partial charge in [0, 0.05) is 35.5 Å². The Morgan fingerprint density at radius 2 is 2.17 bits per heavy atom. The second-order valence-corrected chi connectivity index (χ2v) is 7.90. The number of anilines is 1. The number of nitrogen functional groups attached to an aromatic ring is 1. The van der Waals surface area contributed by atoms with Crippen molar-refractivity contribution in [3.05, 3.63) is 58.0 Å². The first-order chi connectivity index (χ1) is 13.9. The lowest BCUT2D eigenvalue weighted by molar-refractivity contribution is 0.0781. The van der Waals surface area contributed by atoms with Gasteiger partial charge in [0.25, 0.3) is 5.91 Å². The van der Waals surface area contributed by atoms with Crippen LogP contribution in [0, 0.1) is 5.82 Å². The molecule has 3 heterocycles. The highest BCUT2D eigenvalue weighted by molar-refractivity contribution is 7.06. The first-order valence-corrected chi connectivity index (χ1v) is 10.1. The number of hydrogen-bond donors (Lipinski definition) is 1. The molecule has 1 aliphatic heterocycles. The van der Waals surface area contributed by atoms with Crippen LogP contribution in [0.4, 0.5) is 10.2 Å². The summed E-state index contributed by atoms with van der Waals surface area (Å²) in [6, 6.07) is 5.96. The Bertz CT molecular complexity index is 1100. The van der Waals surface area contributed by atoms with Crippen LogP contribution in [-0.4, -0.2) is 27.2 Å². The third-order valence-corrected chi connectivity index (χ3v) is 5.92. The highest BCUT2D eigenvalue weighted by Crippen LogP contribution is 2.37. The first-order valence-electron chi connectivity index (χ1n) is 9.34. The van der Waals surface area contributed by atoms with E-state index in [9.17, 15) is 9.18 Å². The topological polar surface area (TPSA) is 81.3 Å². The average Bonchev–Trinajstić information content (AvgIpc) is 3.10. The molecule has 2 N–H and O–H groups in total. The van der Waals surface area contributed by atoms with Gasteiger partial charge >= 0.3 is 0 Å². The molecule has 0 saturated carbocycles. The van der Waals surface area contributed by atoms with E-state index in [0.717, 1.165) is 28.1 Å². The molecule has 2 aromatic heterocycles. The van der Waals surface area contributed by atoms with Gasteiger partial charge in [0.1, 0.15) is 11.9 Å². The molecule has 8 heteroatoms. The second-order valence-electron chi connectivity index (χ2n) is 7.04. The maximum Gasteiger partial charge on any atom is 0.254 e. The molecule has 1 unspecified atom stereocenters. The van der Waals surface area contributed by atoms with Crippen LogP contribution in [0.2, 0.25) is 0 Å². The van der Waals surface area contributed by atoms with Gasteiger partial charge in [-0.25, -0.2) is 9.37 Å². The quantitative estimate of drug-likeness (QED) is 0.647. The van der Waals surface area contributed by atoms with Gasteiger partial charge in [-0.1, -0.05) is 6.92 Å². The van der Waals surface area contributed by atoms with Crippen LogP contribution in [0.5, 0.6) is 5.75 Å². The van der Waals surface area contributed by atoms with Gasteiger partial charge in [-0.05, 0) is 49.1 Å². The zero-order valence-electron chi connectivity index (χ0n) is 16.4. The van der Waals surface area contributed by atoms with Crippen LogP contribution < -0.4 is 10.5 Å². The summed E-state index contributed by atoms with van der Waals surface area (Å²) >= 11 is 1.37. The van der Waals surface area contributed by atoms with Crippen molar-refractivity contribution >= 4 is 23.3 Å². The number of pyridine rings is 1. The second kappa shape index (κ2) is 7.44. The third-order valence-electron chi connectivity index (χ3n) is 5.05. The molecule has 0 spiro atoms. The maximum absolute atomic E-state index is 14.0. The normalized spacial score (nSPS) is 16.3. The van der Waals surface area contributed by atoms with Crippen LogP contribution in [0.1, 0.15) is 46.4 Å². The number of carbonyl (C=O) groups is 1. The number of aromatic nitrogens is 2. The number of halogens is 1.